The number of hydrogen-bond donors (Lipinski definition) is 0. The third-order valence-electron chi connectivity index (χ3n) is 3.98. The van der Waals surface area contributed by atoms with Gasteiger partial charge in [0.25, 0.3) is 0 Å². The van der Waals surface area contributed by atoms with Crippen molar-refractivity contribution in [1.82, 2.24) is 14.9 Å². The monoisotopic (exact) mass is 460 g/mol. The van der Waals surface area contributed by atoms with E-state index < -0.39 is 5.60 Å². The summed E-state index contributed by atoms with van der Waals surface area (Å²) >= 11 is 16.0. The molecular formula is C17H19BrCl2N4O2. The third-order valence-corrected chi connectivity index (χ3v) is 5.92. The fourth-order valence-corrected chi connectivity index (χ4v) is 3.58. The molecule has 3 rings (SSSR count). The highest BCUT2D eigenvalue weighted by atomic mass is 79.9. The molecule has 0 unspecified atom stereocenters. The number of carbonyl (C=O) groups is 1. The standard InChI is InChI=1S/C17H19BrCl2N4O2/c1-17(2,3)26-16(25)24-6-4-23(5-7-24)15-10-8-11(19)12(18)13(20)14(10)21-9-22-15/h8-9H,4-7H2,1-3H3. The van der Waals surface area contributed by atoms with Gasteiger partial charge in [0.15, 0.2) is 0 Å². The Morgan fingerprint density at radius 1 is 1.19 bits per heavy atom. The largest absolute Gasteiger partial charge is 0.444 e. The van der Waals surface area contributed by atoms with Gasteiger partial charge in [-0.05, 0) is 42.8 Å². The number of rotatable bonds is 1. The molecule has 2 heterocycles. The number of benzene rings is 1. The molecular weight excluding hydrogens is 443 g/mol. The van der Waals surface area contributed by atoms with Gasteiger partial charge in [0.05, 0.1) is 20.0 Å². The number of piperazine rings is 1. The molecule has 0 radical (unpaired) electrons. The van der Waals surface area contributed by atoms with E-state index >= 15 is 0 Å². The Bertz CT molecular complexity index is 849. The SMILES string of the molecule is CC(C)(C)OC(=O)N1CCN(c2ncnc3c(Cl)c(Br)c(Cl)cc23)CC1. The molecule has 6 nitrogen and oxygen atoms in total. The van der Waals surface area contributed by atoms with Gasteiger partial charge in [-0.2, -0.15) is 0 Å². The molecule has 1 aromatic heterocycles. The van der Waals surface area contributed by atoms with Crippen LogP contribution in [-0.2, 0) is 4.74 Å². The van der Waals surface area contributed by atoms with E-state index in [9.17, 15) is 4.79 Å². The maximum absolute atomic E-state index is 12.2. The van der Waals surface area contributed by atoms with Gasteiger partial charge in [-0.25, -0.2) is 14.8 Å². The molecule has 1 amide bonds. The van der Waals surface area contributed by atoms with Gasteiger partial charge in [-0.1, -0.05) is 23.2 Å². The van der Waals surface area contributed by atoms with E-state index in [1.54, 1.807) is 4.90 Å². The summed E-state index contributed by atoms with van der Waals surface area (Å²) in [5.74, 6) is 0.759. The number of ether oxygens (including phenoxy) is 1. The van der Waals surface area contributed by atoms with Crippen LogP contribution in [0.1, 0.15) is 20.8 Å². The summed E-state index contributed by atoms with van der Waals surface area (Å²) in [6, 6.07) is 1.81. The maximum Gasteiger partial charge on any atom is 0.410 e. The van der Waals surface area contributed by atoms with Gasteiger partial charge < -0.3 is 14.5 Å². The fraction of sp³-hybridized carbons (Fsp3) is 0.471. The summed E-state index contributed by atoms with van der Waals surface area (Å²) in [6.45, 7) is 7.96. The Morgan fingerprint density at radius 2 is 1.85 bits per heavy atom. The molecule has 0 N–H and O–H groups in total. The topological polar surface area (TPSA) is 58.6 Å². The lowest BCUT2D eigenvalue weighted by Gasteiger charge is -2.36. The van der Waals surface area contributed by atoms with Gasteiger partial charge in [0.2, 0.25) is 0 Å². The highest BCUT2D eigenvalue weighted by Crippen LogP contribution is 2.38. The van der Waals surface area contributed by atoms with E-state index in [2.05, 4.69) is 30.8 Å². The summed E-state index contributed by atoms with van der Waals surface area (Å²) in [5.41, 5.74) is 0.139. The Balaban J connectivity index is 1.81. The molecule has 9 heteroatoms. The molecule has 1 saturated heterocycles. The van der Waals surface area contributed by atoms with E-state index in [-0.39, 0.29) is 6.09 Å². The lowest BCUT2D eigenvalue weighted by Crippen LogP contribution is -2.50. The Labute approximate surface area is 170 Å². The van der Waals surface area contributed by atoms with Crippen LogP contribution >= 0.6 is 39.1 Å². The van der Waals surface area contributed by atoms with E-state index in [0.29, 0.717) is 46.2 Å². The second kappa shape index (κ2) is 7.37. The highest BCUT2D eigenvalue weighted by molar-refractivity contribution is 9.10. The first kappa shape index (κ1) is 19.5. The van der Waals surface area contributed by atoms with Crippen molar-refractivity contribution in [3.05, 3.63) is 26.9 Å². The molecule has 0 bridgehead atoms. The van der Waals surface area contributed by atoms with Gasteiger partial charge >= 0.3 is 6.09 Å². The van der Waals surface area contributed by atoms with E-state index in [4.69, 9.17) is 27.9 Å². The smallest absolute Gasteiger partial charge is 0.410 e. The molecule has 0 atom stereocenters. The number of halogens is 3. The molecule has 1 aromatic carbocycles. The number of aromatic nitrogens is 2. The Kier molecular flexibility index (Phi) is 5.51. The first-order valence-electron chi connectivity index (χ1n) is 8.18. The molecule has 140 valence electrons. The van der Waals surface area contributed by atoms with Crippen molar-refractivity contribution >= 4 is 61.9 Å². The van der Waals surface area contributed by atoms with Crippen molar-refractivity contribution < 1.29 is 9.53 Å². The first-order valence-corrected chi connectivity index (χ1v) is 9.73. The van der Waals surface area contributed by atoms with Crippen LogP contribution in [0.25, 0.3) is 10.9 Å². The average Bonchev–Trinajstić information content (AvgIpc) is 2.58. The minimum atomic E-state index is -0.502. The van der Waals surface area contributed by atoms with E-state index in [1.807, 2.05) is 26.8 Å². The number of hydrogen-bond acceptors (Lipinski definition) is 5. The summed E-state index contributed by atoms with van der Waals surface area (Å²) in [5, 5.41) is 1.76. The first-order chi connectivity index (χ1) is 12.2. The molecule has 2 aromatic rings. The number of carbonyl (C=O) groups excluding carboxylic acids is 1. The van der Waals surface area contributed by atoms with Crippen LogP contribution < -0.4 is 4.90 Å². The number of fused-ring (bicyclic) bond motifs is 1. The predicted molar refractivity (Wildman–Crippen MR) is 107 cm³/mol. The zero-order valence-electron chi connectivity index (χ0n) is 14.7. The zero-order valence-corrected chi connectivity index (χ0v) is 17.8. The van der Waals surface area contributed by atoms with Crippen LogP contribution in [0.3, 0.4) is 0 Å². The Morgan fingerprint density at radius 3 is 2.46 bits per heavy atom. The van der Waals surface area contributed by atoms with Gasteiger partial charge in [-0.15, -0.1) is 0 Å². The van der Waals surface area contributed by atoms with Gasteiger partial charge in [0, 0.05) is 31.6 Å². The van der Waals surface area contributed by atoms with Crippen molar-refractivity contribution in [3.63, 3.8) is 0 Å². The summed E-state index contributed by atoms with van der Waals surface area (Å²) in [6.07, 6.45) is 1.20. The van der Waals surface area contributed by atoms with E-state index in [1.165, 1.54) is 6.33 Å². The molecule has 1 aliphatic heterocycles. The van der Waals surface area contributed by atoms with Gasteiger partial charge in [0.1, 0.15) is 17.7 Å². The van der Waals surface area contributed by atoms with Crippen LogP contribution in [0.2, 0.25) is 10.0 Å². The lowest BCUT2D eigenvalue weighted by atomic mass is 10.2. The van der Waals surface area contributed by atoms with E-state index in [0.717, 1.165) is 11.2 Å². The molecule has 1 fully saturated rings. The van der Waals surface area contributed by atoms with Gasteiger partial charge in [-0.3, -0.25) is 0 Å². The Hall–Kier alpha value is -1.31. The number of nitrogens with zero attached hydrogens (tertiary/aromatic N) is 4. The predicted octanol–water partition coefficient (Wildman–Crippen LogP) is 4.76. The zero-order chi connectivity index (χ0) is 19.1. The number of amides is 1. The second-order valence-corrected chi connectivity index (χ2v) is 8.61. The second-order valence-electron chi connectivity index (χ2n) is 7.03. The average molecular weight is 462 g/mol. The highest BCUT2D eigenvalue weighted by Gasteiger charge is 2.27. The van der Waals surface area contributed by atoms with Crippen molar-refractivity contribution in [2.45, 2.75) is 26.4 Å². The van der Waals surface area contributed by atoms with Crippen molar-refractivity contribution in [2.24, 2.45) is 0 Å². The van der Waals surface area contributed by atoms with Crippen LogP contribution in [0.15, 0.2) is 16.9 Å². The normalized spacial score (nSPS) is 15.5. The van der Waals surface area contributed by atoms with Crippen LogP contribution in [0, 0.1) is 0 Å². The molecule has 26 heavy (non-hydrogen) atoms. The van der Waals surface area contributed by atoms with Crippen molar-refractivity contribution in [3.8, 4) is 0 Å². The maximum atomic E-state index is 12.2. The van der Waals surface area contributed by atoms with Crippen molar-refractivity contribution in [2.75, 3.05) is 31.1 Å². The fourth-order valence-electron chi connectivity index (χ4n) is 2.77. The third kappa shape index (κ3) is 4.00. The quantitative estimate of drug-likeness (QED) is 0.573. The minimum Gasteiger partial charge on any atom is -0.444 e. The summed E-state index contributed by atoms with van der Waals surface area (Å²) < 4.78 is 6.05. The summed E-state index contributed by atoms with van der Waals surface area (Å²) in [4.78, 5) is 24.7. The van der Waals surface area contributed by atoms with Crippen LogP contribution in [-0.4, -0.2) is 52.7 Å². The molecule has 0 spiro atoms. The molecule has 0 saturated carbocycles. The summed E-state index contributed by atoms with van der Waals surface area (Å²) in [7, 11) is 0. The van der Waals surface area contributed by atoms with Crippen molar-refractivity contribution in [1.29, 1.82) is 0 Å². The molecule has 0 aliphatic carbocycles. The minimum absolute atomic E-state index is 0.292. The van der Waals surface area contributed by atoms with Crippen LogP contribution in [0.4, 0.5) is 10.6 Å². The lowest BCUT2D eigenvalue weighted by molar-refractivity contribution is 0.0240. The number of anilines is 1. The van der Waals surface area contributed by atoms with Crippen LogP contribution in [0.5, 0.6) is 0 Å². The molecule has 1 aliphatic rings.